The summed E-state index contributed by atoms with van der Waals surface area (Å²) in [7, 11) is -1.41. The molecule has 0 amide bonds. The third kappa shape index (κ3) is 5.32. The van der Waals surface area contributed by atoms with Crippen LogP contribution in [0, 0.1) is 16.7 Å². The lowest BCUT2D eigenvalue weighted by Gasteiger charge is -2.26. The number of sulfone groups is 1. The molecule has 0 atom stereocenters. The zero-order valence-corrected chi connectivity index (χ0v) is 13.4. The normalized spacial score (nSPS) is 12.4. The van der Waals surface area contributed by atoms with Crippen molar-refractivity contribution >= 4 is 9.84 Å². The molecule has 0 spiro atoms. The van der Waals surface area contributed by atoms with Gasteiger partial charge in [-0.15, -0.1) is 0 Å². The van der Waals surface area contributed by atoms with Crippen molar-refractivity contribution in [2.45, 2.75) is 25.7 Å². The Labute approximate surface area is 121 Å². The Morgan fingerprint density at radius 3 is 2.50 bits per heavy atom. The van der Waals surface area contributed by atoms with Crippen molar-refractivity contribution in [3.63, 3.8) is 0 Å². The van der Waals surface area contributed by atoms with Gasteiger partial charge in [0.25, 0.3) is 0 Å². The molecule has 1 aromatic carbocycles. The Hall–Kier alpha value is -1.38. The fraction of sp³-hybridized carbons (Fsp3) is 0.533. The van der Waals surface area contributed by atoms with Crippen LogP contribution in [0.25, 0.3) is 0 Å². The highest BCUT2D eigenvalue weighted by molar-refractivity contribution is 7.91. The van der Waals surface area contributed by atoms with Crippen molar-refractivity contribution in [3.05, 3.63) is 29.8 Å². The molecule has 0 radical (unpaired) electrons. The second-order valence-electron chi connectivity index (χ2n) is 6.26. The van der Waals surface area contributed by atoms with Gasteiger partial charge in [-0.1, -0.05) is 26.8 Å². The summed E-state index contributed by atoms with van der Waals surface area (Å²) in [5.74, 6) is 0.0640. The summed E-state index contributed by atoms with van der Waals surface area (Å²) in [6.07, 6.45) is 0. The third-order valence-electron chi connectivity index (χ3n) is 2.81. The van der Waals surface area contributed by atoms with Crippen molar-refractivity contribution < 1.29 is 8.42 Å². The average molecular weight is 294 g/mol. The van der Waals surface area contributed by atoms with Crippen LogP contribution in [0.5, 0.6) is 0 Å². The number of nitrogens with zero attached hydrogens (tertiary/aromatic N) is 2. The zero-order valence-electron chi connectivity index (χ0n) is 12.5. The van der Waals surface area contributed by atoms with Crippen LogP contribution in [0.15, 0.2) is 29.2 Å². The molecule has 0 bridgehead atoms. The van der Waals surface area contributed by atoms with Crippen LogP contribution in [0.1, 0.15) is 26.3 Å². The van der Waals surface area contributed by atoms with Gasteiger partial charge in [0.15, 0.2) is 9.84 Å². The van der Waals surface area contributed by atoms with Gasteiger partial charge < -0.3 is 4.90 Å². The number of hydrogen-bond acceptors (Lipinski definition) is 4. The van der Waals surface area contributed by atoms with E-state index in [9.17, 15) is 8.42 Å². The average Bonchev–Trinajstić information content (AvgIpc) is 2.35. The summed E-state index contributed by atoms with van der Waals surface area (Å²) in [6.45, 7) is 7.67. The molecule has 0 unspecified atom stereocenters. The highest BCUT2D eigenvalue weighted by atomic mass is 32.2. The third-order valence-corrected chi connectivity index (χ3v) is 4.50. The predicted octanol–water partition coefficient (Wildman–Crippen LogP) is 2.31. The standard InChI is InChI=1S/C15H22N2O2S/c1-15(2,3)12-17(4)8-9-20(18,19)14-7-5-6-13(10-14)11-16/h5-7,10H,8-9,12H2,1-4H3. The minimum atomic E-state index is -3.34. The van der Waals surface area contributed by atoms with E-state index in [1.165, 1.54) is 6.07 Å². The van der Waals surface area contributed by atoms with Crippen molar-refractivity contribution in [1.82, 2.24) is 4.90 Å². The van der Waals surface area contributed by atoms with Crippen molar-refractivity contribution in [3.8, 4) is 6.07 Å². The molecule has 5 heteroatoms. The maximum Gasteiger partial charge on any atom is 0.179 e. The number of rotatable bonds is 5. The highest BCUT2D eigenvalue weighted by Crippen LogP contribution is 2.16. The molecule has 4 nitrogen and oxygen atoms in total. The van der Waals surface area contributed by atoms with Crippen LogP contribution < -0.4 is 0 Å². The van der Waals surface area contributed by atoms with Gasteiger partial charge in [0, 0.05) is 13.1 Å². The second-order valence-corrected chi connectivity index (χ2v) is 8.37. The van der Waals surface area contributed by atoms with Gasteiger partial charge in [-0.25, -0.2) is 8.42 Å². The SMILES string of the molecule is CN(CCS(=O)(=O)c1cccc(C#N)c1)CC(C)(C)C. The molecular formula is C15H22N2O2S. The molecular weight excluding hydrogens is 272 g/mol. The molecule has 110 valence electrons. The second kappa shape index (κ2) is 6.38. The van der Waals surface area contributed by atoms with Crippen LogP contribution in [-0.2, 0) is 9.84 Å². The molecule has 0 saturated heterocycles. The van der Waals surface area contributed by atoms with Gasteiger partial charge in [-0.2, -0.15) is 5.26 Å². The Morgan fingerprint density at radius 1 is 1.30 bits per heavy atom. The molecule has 20 heavy (non-hydrogen) atoms. The summed E-state index contributed by atoms with van der Waals surface area (Å²) in [6, 6.07) is 8.14. The van der Waals surface area contributed by atoms with E-state index in [-0.39, 0.29) is 16.1 Å². The van der Waals surface area contributed by atoms with Gasteiger partial charge in [0.05, 0.1) is 22.3 Å². The van der Waals surface area contributed by atoms with Gasteiger partial charge in [0.1, 0.15) is 0 Å². The molecule has 0 fully saturated rings. The Balaban J connectivity index is 2.73. The first-order chi connectivity index (χ1) is 9.14. The van der Waals surface area contributed by atoms with E-state index in [4.69, 9.17) is 5.26 Å². The molecule has 0 aliphatic carbocycles. The van der Waals surface area contributed by atoms with Crippen LogP contribution in [-0.4, -0.2) is 39.2 Å². The number of hydrogen-bond donors (Lipinski definition) is 0. The smallest absolute Gasteiger partial charge is 0.179 e. The van der Waals surface area contributed by atoms with Gasteiger partial charge in [0.2, 0.25) is 0 Å². The molecule has 1 rings (SSSR count). The van der Waals surface area contributed by atoms with Crippen LogP contribution in [0.2, 0.25) is 0 Å². The highest BCUT2D eigenvalue weighted by Gasteiger charge is 2.18. The van der Waals surface area contributed by atoms with Crippen LogP contribution >= 0.6 is 0 Å². The summed E-state index contributed by atoms with van der Waals surface area (Å²) >= 11 is 0. The molecule has 0 aromatic heterocycles. The number of benzene rings is 1. The first-order valence-corrected chi connectivity index (χ1v) is 8.21. The maximum absolute atomic E-state index is 12.2. The minimum Gasteiger partial charge on any atom is -0.305 e. The monoisotopic (exact) mass is 294 g/mol. The predicted molar refractivity (Wildman–Crippen MR) is 80.2 cm³/mol. The van der Waals surface area contributed by atoms with Gasteiger partial charge in [-0.3, -0.25) is 0 Å². The lowest BCUT2D eigenvalue weighted by molar-refractivity contribution is 0.236. The summed E-state index contributed by atoms with van der Waals surface area (Å²) in [5, 5.41) is 8.82. The maximum atomic E-state index is 12.2. The molecule has 1 aromatic rings. The van der Waals surface area contributed by atoms with E-state index in [1.807, 2.05) is 18.0 Å². The summed E-state index contributed by atoms with van der Waals surface area (Å²) in [4.78, 5) is 2.24. The lowest BCUT2D eigenvalue weighted by atomic mass is 9.96. The minimum absolute atomic E-state index is 0.0640. The molecule has 0 aliphatic heterocycles. The Morgan fingerprint density at radius 2 is 1.95 bits per heavy atom. The first kappa shape index (κ1) is 16.7. The van der Waals surface area contributed by atoms with Crippen molar-refractivity contribution in [1.29, 1.82) is 5.26 Å². The van der Waals surface area contributed by atoms with E-state index in [1.54, 1.807) is 18.2 Å². The van der Waals surface area contributed by atoms with Gasteiger partial charge >= 0.3 is 0 Å². The lowest BCUT2D eigenvalue weighted by Crippen LogP contribution is -2.33. The van der Waals surface area contributed by atoms with Crippen molar-refractivity contribution in [2.24, 2.45) is 5.41 Å². The van der Waals surface area contributed by atoms with Crippen molar-refractivity contribution in [2.75, 3.05) is 25.9 Å². The molecule has 0 aliphatic rings. The molecule has 0 heterocycles. The fourth-order valence-electron chi connectivity index (χ4n) is 2.04. The van der Waals surface area contributed by atoms with E-state index < -0.39 is 9.84 Å². The van der Waals surface area contributed by atoms with Gasteiger partial charge in [-0.05, 0) is 30.7 Å². The summed E-state index contributed by atoms with van der Waals surface area (Å²) < 4.78 is 24.5. The summed E-state index contributed by atoms with van der Waals surface area (Å²) in [5.41, 5.74) is 0.508. The zero-order chi connectivity index (χ0) is 15.4. The Bertz CT molecular complexity index is 595. The fourth-order valence-corrected chi connectivity index (χ4v) is 3.42. The van der Waals surface area contributed by atoms with E-state index in [0.29, 0.717) is 12.1 Å². The first-order valence-electron chi connectivity index (χ1n) is 6.55. The van der Waals surface area contributed by atoms with E-state index in [0.717, 1.165) is 6.54 Å². The largest absolute Gasteiger partial charge is 0.305 e. The van der Waals surface area contributed by atoms with Crippen LogP contribution in [0.3, 0.4) is 0 Å². The topological polar surface area (TPSA) is 61.2 Å². The Kier molecular flexibility index (Phi) is 5.32. The molecule has 0 saturated carbocycles. The quantitative estimate of drug-likeness (QED) is 0.836. The van der Waals surface area contributed by atoms with E-state index in [2.05, 4.69) is 20.8 Å². The van der Waals surface area contributed by atoms with Crippen LogP contribution in [0.4, 0.5) is 0 Å². The molecule has 0 N–H and O–H groups in total. The van der Waals surface area contributed by atoms with E-state index >= 15 is 0 Å². The number of nitriles is 1.